The molecule has 1 aliphatic carbocycles. The highest BCUT2D eigenvalue weighted by Crippen LogP contribution is 2.24. The largest absolute Gasteiger partial charge is 0.377 e. The first-order chi connectivity index (χ1) is 9.72. The van der Waals surface area contributed by atoms with Crippen LogP contribution in [0, 0.1) is 0 Å². The highest BCUT2D eigenvalue weighted by Gasteiger charge is 2.24. The number of hydrogen-bond acceptors (Lipinski definition) is 5. The predicted octanol–water partition coefficient (Wildman–Crippen LogP) is 2.30. The second kappa shape index (κ2) is 7.76. The maximum Gasteiger partial charge on any atom is 0.162 e. The van der Waals surface area contributed by atoms with Gasteiger partial charge in [0, 0.05) is 31.8 Å². The summed E-state index contributed by atoms with van der Waals surface area (Å²) in [5.41, 5.74) is 7.00. The van der Waals surface area contributed by atoms with E-state index in [1.54, 1.807) is 7.11 Å². The van der Waals surface area contributed by atoms with Crippen molar-refractivity contribution in [3.8, 4) is 0 Å². The summed E-state index contributed by atoms with van der Waals surface area (Å²) in [6, 6.07) is 3.04. The maximum atomic E-state index is 6.00. The van der Waals surface area contributed by atoms with E-state index in [1.165, 1.54) is 12.8 Å². The summed E-state index contributed by atoms with van der Waals surface area (Å²) < 4.78 is 10.3. The molecule has 0 amide bonds. The first-order valence-corrected chi connectivity index (χ1v) is 7.66. The van der Waals surface area contributed by atoms with Crippen molar-refractivity contribution in [2.24, 2.45) is 5.73 Å². The molecule has 1 aromatic rings. The van der Waals surface area contributed by atoms with Crippen molar-refractivity contribution >= 4 is 0 Å². The molecule has 0 atom stereocenters. The number of nitrogens with zero attached hydrogens (tertiary/aromatic N) is 2. The lowest BCUT2D eigenvalue weighted by molar-refractivity contribution is 0.137. The highest BCUT2D eigenvalue weighted by atomic mass is 16.5. The van der Waals surface area contributed by atoms with Crippen LogP contribution in [0.25, 0.3) is 0 Å². The third-order valence-corrected chi connectivity index (χ3v) is 4.03. The van der Waals surface area contributed by atoms with Crippen LogP contribution in [0.4, 0.5) is 0 Å². The van der Waals surface area contributed by atoms with Gasteiger partial charge in [-0.25, -0.2) is 0 Å². The summed E-state index contributed by atoms with van der Waals surface area (Å²) in [4.78, 5) is 2.53. The Bertz CT molecular complexity index is 386. The maximum absolute atomic E-state index is 6.00. The van der Waals surface area contributed by atoms with Gasteiger partial charge in [-0.05, 0) is 38.6 Å². The zero-order valence-electron chi connectivity index (χ0n) is 12.7. The molecule has 2 N–H and O–H groups in total. The minimum Gasteiger partial charge on any atom is -0.377 e. The Morgan fingerprint density at radius 1 is 1.40 bits per heavy atom. The summed E-state index contributed by atoms with van der Waals surface area (Å²) in [5, 5.41) is 4.15. The van der Waals surface area contributed by atoms with Crippen LogP contribution in [0.5, 0.6) is 0 Å². The normalized spacial score (nSPS) is 23.4. The van der Waals surface area contributed by atoms with Gasteiger partial charge < -0.3 is 15.0 Å². The van der Waals surface area contributed by atoms with E-state index >= 15 is 0 Å². The molecule has 1 fully saturated rings. The zero-order valence-corrected chi connectivity index (χ0v) is 12.7. The van der Waals surface area contributed by atoms with Crippen LogP contribution in [-0.4, -0.2) is 35.8 Å². The standard InChI is InChI=1S/C15H27N3O2/c1-3-8-18(14-6-4-12(16)5-7-14)10-13-9-15(11-19-2)20-17-13/h9,12,14H,3-8,10-11,16H2,1-2H3. The molecule has 0 radical (unpaired) electrons. The molecular formula is C15H27N3O2. The molecule has 0 bridgehead atoms. The molecule has 1 heterocycles. The Kier molecular flexibility index (Phi) is 6.01. The Balaban J connectivity index is 1.93. The van der Waals surface area contributed by atoms with Gasteiger partial charge in [-0.1, -0.05) is 12.1 Å². The molecule has 0 spiro atoms. The van der Waals surface area contributed by atoms with E-state index in [0.717, 1.165) is 43.8 Å². The number of hydrogen-bond donors (Lipinski definition) is 1. The van der Waals surface area contributed by atoms with E-state index in [-0.39, 0.29) is 0 Å². The third-order valence-electron chi connectivity index (χ3n) is 4.03. The first-order valence-electron chi connectivity index (χ1n) is 7.66. The second-order valence-corrected chi connectivity index (χ2v) is 5.76. The summed E-state index contributed by atoms with van der Waals surface area (Å²) >= 11 is 0. The Hall–Kier alpha value is -0.910. The zero-order chi connectivity index (χ0) is 14.4. The first kappa shape index (κ1) is 15.5. The molecular weight excluding hydrogens is 254 g/mol. The van der Waals surface area contributed by atoms with Gasteiger partial charge in [-0.3, -0.25) is 4.90 Å². The molecule has 1 aliphatic rings. The molecule has 1 aromatic heterocycles. The fourth-order valence-corrected chi connectivity index (χ4v) is 2.99. The molecule has 114 valence electrons. The average molecular weight is 281 g/mol. The number of methoxy groups -OCH3 is 1. The number of aromatic nitrogens is 1. The van der Waals surface area contributed by atoms with Gasteiger partial charge in [-0.15, -0.1) is 0 Å². The molecule has 2 rings (SSSR count). The minimum absolute atomic E-state index is 0.398. The van der Waals surface area contributed by atoms with Crippen LogP contribution in [-0.2, 0) is 17.9 Å². The Morgan fingerprint density at radius 3 is 2.80 bits per heavy atom. The molecule has 0 aromatic carbocycles. The average Bonchev–Trinajstić information content (AvgIpc) is 2.87. The Labute approximate surface area is 121 Å². The van der Waals surface area contributed by atoms with Crippen molar-refractivity contribution < 1.29 is 9.26 Å². The minimum atomic E-state index is 0.398. The van der Waals surface area contributed by atoms with Crippen LogP contribution in [0.3, 0.4) is 0 Å². The molecule has 5 nitrogen and oxygen atoms in total. The van der Waals surface area contributed by atoms with Gasteiger partial charge >= 0.3 is 0 Å². The van der Waals surface area contributed by atoms with E-state index in [0.29, 0.717) is 18.7 Å². The van der Waals surface area contributed by atoms with Crippen molar-refractivity contribution in [2.75, 3.05) is 13.7 Å². The third kappa shape index (κ3) is 4.30. The van der Waals surface area contributed by atoms with Crippen LogP contribution in [0.2, 0.25) is 0 Å². The SMILES string of the molecule is CCCN(Cc1cc(COC)on1)C1CCC(N)CC1. The van der Waals surface area contributed by atoms with E-state index in [2.05, 4.69) is 17.0 Å². The van der Waals surface area contributed by atoms with Crippen LogP contribution >= 0.6 is 0 Å². The lowest BCUT2D eigenvalue weighted by Crippen LogP contribution is -2.40. The number of rotatable bonds is 7. The summed E-state index contributed by atoms with van der Waals surface area (Å²) in [5.74, 6) is 0.796. The smallest absolute Gasteiger partial charge is 0.162 e. The van der Waals surface area contributed by atoms with Crippen molar-refractivity contribution in [1.82, 2.24) is 10.1 Å². The van der Waals surface area contributed by atoms with Crippen LogP contribution < -0.4 is 5.73 Å². The molecule has 0 aliphatic heterocycles. The van der Waals surface area contributed by atoms with E-state index in [4.69, 9.17) is 15.0 Å². The lowest BCUT2D eigenvalue weighted by atomic mass is 9.90. The summed E-state index contributed by atoms with van der Waals surface area (Å²) in [7, 11) is 1.66. The molecule has 0 unspecified atom stereocenters. The van der Waals surface area contributed by atoms with Crippen molar-refractivity contribution in [2.45, 2.75) is 64.3 Å². The van der Waals surface area contributed by atoms with Gasteiger partial charge in [0.2, 0.25) is 0 Å². The topological polar surface area (TPSA) is 64.5 Å². The monoisotopic (exact) mass is 281 g/mol. The molecule has 5 heteroatoms. The lowest BCUT2D eigenvalue weighted by Gasteiger charge is -2.35. The fourth-order valence-electron chi connectivity index (χ4n) is 2.99. The van der Waals surface area contributed by atoms with Gasteiger partial charge in [0.15, 0.2) is 5.76 Å². The number of nitrogens with two attached hydrogens (primary N) is 1. The van der Waals surface area contributed by atoms with Crippen molar-refractivity contribution in [3.05, 3.63) is 17.5 Å². The number of ether oxygens (including phenoxy) is 1. The molecule has 0 saturated heterocycles. The van der Waals surface area contributed by atoms with Gasteiger partial charge in [0.05, 0.1) is 5.69 Å². The predicted molar refractivity (Wildman–Crippen MR) is 78.1 cm³/mol. The summed E-state index contributed by atoms with van der Waals surface area (Å²) in [6.45, 7) is 4.67. The van der Waals surface area contributed by atoms with E-state index in [9.17, 15) is 0 Å². The van der Waals surface area contributed by atoms with Crippen molar-refractivity contribution in [1.29, 1.82) is 0 Å². The highest BCUT2D eigenvalue weighted by molar-refractivity contribution is 5.05. The van der Waals surface area contributed by atoms with E-state index < -0.39 is 0 Å². The quantitative estimate of drug-likeness (QED) is 0.831. The van der Waals surface area contributed by atoms with E-state index in [1.807, 2.05) is 6.07 Å². The molecule has 20 heavy (non-hydrogen) atoms. The van der Waals surface area contributed by atoms with Crippen molar-refractivity contribution in [3.63, 3.8) is 0 Å². The summed E-state index contributed by atoms with van der Waals surface area (Å²) in [6.07, 6.45) is 5.83. The van der Waals surface area contributed by atoms with Gasteiger partial charge in [-0.2, -0.15) is 0 Å². The van der Waals surface area contributed by atoms with Crippen LogP contribution in [0.1, 0.15) is 50.5 Å². The Morgan fingerprint density at radius 2 is 2.15 bits per heavy atom. The second-order valence-electron chi connectivity index (χ2n) is 5.76. The fraction of sp³-hybridized carbons (Fsp3) is 0.800. The van der Waals surface area contributed by atoms with Gasteiger partial charge in [0.1, 0.15) is 6.61 Å². The van der Waals surface area contributed by atoms with Crippen LogP contribution in [0.15, 0.2) is 10.6 Å². The molecule has 1 saturated carbocycles. The van der Waals surface area contributed by atoms with Gasteiger partial charge in [0.25, 0.3) is 0 Å².